The maximum Gasteiger partial charge on any atom is 0.325 e. The van der Waals surface area contributed by atoms with Gasteiger partial charge in [-0.15, -0.1) is 0 Å². The lowest BCUT2D eigenvalue weighted by Crippen LogP contribution is -2.41. The third-order valence-electron chi connectivity index (χ3n) is 5.48. The topological polar surface area (TPSA) is 84.9 Å². The Bertz CT molecular complexity index is 1040. The van der Waals surface area contributed by atoms with Gasteiger partial charge in [-0.3, -0.25) is 14.5 Å². The Labute approximate surface area is 168 Å². The molecule has 150 valence electrons. The van der Waals surface area contributed by atoms with E-state index in [1.54, 1.807) is 25.1 Å². The van der Waals surface area contributed by atoms with E-state index in [1.807, 2.05) is 32.9 Å². The molecule has 0 radical (unpaired) electrons. The van der Waals surface area contributed by atoms with Crippen LogP contribution in [0.25, 0.3) is 0 Å². The van der Waals surface area contributed by atoms with Crippen molar-refractivity contribution in [2.75, 3.05) is 13.3 Å². The van der Waals surface area contributed by atoms with E-state index in [0.29, 0.717) is 22.6 Å². The third kappa shape index (κ3) is 3.03. The number of carbonyl (C=O) groups excluding carboxylic acids is 3. The second-order valence-corrected chi connectivity index (χ2v) is 7.71. The van der Waals surface area contributed by atoms with Crippen LogP contribution in [0.2, 0.25) is 0 Å². The van der Waals surface area contributed by atoms with E-state index < -0.39 is 17.5 Å². The molecule has 0 saturated carbocycles. The zero-order valence-corrected chi connectivity index (χ0v) is 16.8. The zero-order valence-electron chi connectivity index (χ0n) is 16.8. The highest BCUT2D eigenvalue weighted by atomic mass is 16.7. The number of benzene rings is 2. The number of urea groups is 1. The molecule has 4 rings (SSSR count). The average molecular weight is 394 g/mol. The van der Waals surface area contributed by atoms with Gasteiger partial charge in [0.1, 0.15) is 5.54 Å². The number of imide groups is 1. The highest BCUT2D eigenvalue weighted by Gasteiger charge is 2.50. The molecule has 1 atom stereocenters. The Kier molecular flexibility index (Phi) is 4.33. The summed E-state index contributed by atoms with van der Waals surface area (Å²) in [6.07, 6.45) is 0. The first-order valence-corrected chi connectivity index (χ1v) is 9.36. The van der Waals surface area contributed by atoms with E-state index >= 15 is 0 Å². The lowest BCUT2D eigenvalue weighted by molar-refractivity contribution is -0.130. The number of amides is 3. The quantitative estimate of drug-likeness (QED) is 0.637. The lowest BCUT2D eigenvalue weighted by Gasteiger charge is -2.22. The highest BCUT2D eigenvalue weighted by Crippen LogP contribution is 2.38. The minimum atomic E-state index is -1.28. The van der Waals surface area contributed by atoms with E-state index in [0.717, 1.165) is 21.6 Å². The van der Waals surface area contributed by atoms with Crippen molar-refractivity contribution in [2.24, 2.45) is 0 Å². The molecule has 29 heavy (non-hydrogen) atoms. The van der Waals surface area contributed by atoms with E-state index in [-0.39, 0.29) is 19.1 Å². The van der Waals surface area contributed by atoms with Crippen molar-refractivity contribution >= 4 is 17.7 Å². The fourth-order valence-electron chi connectivity index (χ4n) is 4.09. The number of fused-ring (bicyclic) bond motifs is 1. The first-order valence-electron chi connectivity index (χ1n) is 9.36. The summed E-state index contributed by atoms with van der Waals surface area (Å²) in [4.78, 5) is 39.6. The molecule has 3 amide bonds. The van der Waals surface area contributed by atoms with Crippen LogP contribution in [0.3, 0.4) is 0 Å². The highest BCUT2D eigenvalue weighted by molar-refractivity contribution is 6.11. The molecule has 0 unspecified atom stereocenters. The summed E-state index contributed by atoms with van der Waals surface area (Å²) in [6, 6.07) is 8.35. The predicted molar refractivity (Wildman–Crippen MR) is 105 cm³/mol. The van der Waals surface area contributed by atoms with Gasteiger partial charge in [0.15, 0.2) is 17.3 Å². The number of ether oxygens (including phenoxy) is 2. The van der Waals surface area contributed by atoms with Crippen molar-refractivity contribution in [2.45, 2.75) is 33.2 Å². The smallest absolute Gasteiger partial charge is 0.325 e. The van der Waals surface area contributed by atoms with Crippen molar-refractivity contribution in [1.29, 1.82) is 0 Å². The molecular formula is C22H22N2O5. The van der Waals surface area contributed by atoms with Crippen LogP contribution in [0.1, 0.15) is 39.5 Å². The average Bonchev–Trinajstić information content (AvgIpc) is 3.19. The van der Waals surface area contributed by atoms with Gasteiger partial charge < -0.3 is 14.8 Å². The summed E-state index contributed by atoms with van der Waals surface area (Å²) in [5.74, 6) is 0.369. The Hall–Kier alpha value is -3.35. The minimum absolute atomic E-state index is 0.117. The number of nitrogens with zero attached hydrogens (tertiary/aromatic N) is 1. The van der Waals surface area contributed by atoms with Crippen molar-refractivity contribution < 1.29 is 23.9 Å². The summed E-state index contributed by atoms with van der Waals surface area (Å²) < 4.78 is 10.7. The molecule has 2 aromatic rings. The fraction of sp³-hybridized carbons (Fsp3) is 0.318. The monoisotopic (exact) mass is 394 g/mol. The van der Waals surface area contributed by atoms with Gasteiger partial charge >= 0.3 is 6.03 Å². The number of hydrogen-bond donors (Lipinski definition) is 1. The van der Waals surface area contributed by atoms with E-state index in [9.17, 15) is 14.4 Å². The molecule has 0 bridgehead atoms. The number of rotatable bonds is 4. The number of hydrogen-bond acceptors (Lipinski definition) is 5. The SMILES string of the molecule is Cc1cc(C)c(C(=O)CN2C(=O)N[C@@](C)(c3ccc4c(c3)OCO4)C2=O)c(C)c1. The van der Waals surface area contributed by atoms with Crippen molar-refractivity contribution in [3.63, 3.8) is 0 Å². The molecule has 7 heteroatoms. The Morgan fingerprint density at radius 2 is 1.72 bits per heavy atom. The molecule has 1 fully saturated rings. The standard InChI is InChI=1S/C22H22N2O5/c1-12-7-13(2)19(14(3)8-12)16(25)10-24-20(26)22(4,23-21(24)27)15-5-6-17-18(9-15)29-11-28-17/h5-9H,10-11H2,1-4H3,(H,23,27)/t22-/m0/s1. The Balaban J connectivity index is 1.61. The van der Waals surface area contributed by atoms with Gasteiger partial charge in [0, 0.05) is 5.56 Å². The van der Waals surface area contributed by atoms with Crippen LogP contribution in [-0.2, 0) is 10.3 Å². The maximum absolute atomic E-state index is 13.1. The summed E-state index contributed by atoms with van der Waals surface area (Å²) in [5.41, 5.74) is 2.55. The van der Waals surface area contributed by atoms with Crippen LogP contribution in [-0.4, -0.2) is 36.0 Å². The van der Waals surface area contributed by atoms with Gasteiger partial charge in [-0.1, -0.05) is 23.8 Å². The van der Waals surface area contributed by atoms with Crippen LogP contribution >= 0.6 is 0 Å². The first kappa shape index (κ1) is 19.0. The van der Waals surface area contributed by atoms with Gasteiger partial charge in [0.25, 0.3) is 5.91 Å². The molecule has 2 aromatic carbocycles. The molecule has 0 aromatic heterocycles. The molecule has 7 nitrogen and oxygen atoms in total. The number of nitrogens with one attached hydrogen (secondary N) is 1. The van der Waals surface area contributed by atoms with Crippen LogP contribution in [0, 0.1) is 20.8 Å². The van der Waals surface area contributed by atoms with Gasteiger partial charge in [-0.05, 0) is 56.5 Å². The molecule has 1 N–H and O–H groups in total. The van der Waals surface area contributed by atoms with E-state index in [2.05, 4.69) is 5.32 Å². The molecule has 0 spiro atoms. The van der Waals surface area contributed by atoms with Crippen molar-refractivity contribution in [3.05, 3.63) is 58.1 Å². The Morgan fingerprint density at radius 1 is 1.07 bits per heavy atom. The van der Waals surface area contributed by atoms with Crippen LogP contribution in [0.15, 0.2) is 30.3 Å². The predicted octanol–water partition coefficient (Wildman–Crippen LogP) is 2.99. The van der Waals surface area contributed by atoms with Crippen LogP contribution in [0.4, 0.5) is 4.79 Å². The van der Waals surface area contributed by atoms with Crippen molar-refractivity contribution in [3.8, 4) is 11.5 Å². The van der Waals surface area contributed by atoms with E-state index in [4.69, 9.17) is 9.47 Å². The normalized spacial score (nSPS) is 20.2. The van der Waals surface area contributed by atoms with Crippen LogP contribution in [0.5, 0.6) is 11.5 Å². The molecule has 1 saturated heterocycles. The van der Waals surface area contributed by atoms with Crippen LogP contribution < -0.4 is 14.8 Å². The van der Waals surface area contributed by atoms with E-state index in [1.165, 1.54) is 0 Å². The third-order valence-corrected chi connectivity index (χ3v) is 5.48. The molecule has 0 aliphatic carbocycles. The molecule has 2 aliphatic heterocycles. The van der Waals surface area contributed by atoms with Gasteiger partial charge in [-0.25, -0.2) is 4.79 Å². The zero-order chi connectivity index (χ0) is 20.9. The fourth-order valence-corrected chi connectivity index (χ4v) is 4.09. The maximum atomic E-state index is 13.1. The minimum Gasteiger partial charge on any atom is -0.454 e. The summed E-state index contributed by atoms with van der Waals surface area (Å²) in [6.45, 7) is 7.10. The van der Waals surface area contributed by atoms with Gasteiger partial charge in [0.2, 0.25) is 6.79 Å². The lowest BCUT2D eigenvalue weighted by atomic mass is 9.91. The summed E-state index contributed by atoms with van der Waals surface area (Å²) in [5, 5.41) is 2.72. The Morgan fingerprint density at radius 3 is 2.41 bits per heavy atom. The number of aryl methyl sites for hydroxylation is 3. The summed E-state index contributed by atoms with van der Waals surface area (Å²) in [7, 11) is 0. The summed E-state index contributed by atoms with van der Waals surface area (Å²) >= 11 is 0. The van der Waals surface area contributed by atoms with Gasteiger partial charge in [0.05, 0.1) is 6.54 Å². The molecule has 2 heterocycles. The molecular weight excluding hydrogens is 372 g/mol. The second-order valence-electron chi connectivity index (χ2n) is 7.71. The second kappa shape index (κ2) is 6.62. The number of ketones is 1. The number of carbonyl (C=O) groups is 3. The first-order chi connectivity index (χ1) is 13.7. The number of Topliss-reactive ketones (excluding diaryl/α,β-unsaturated/α-hetero) is 1. The van der Waals surface area contributed by atoms with Gasteiger partial charge in [-0.2, -0.15) is 0 Å². The van der Waals surface area contributed by atoms with Crippen molar-refractivity contribution in [1.82, 2.24) is 10.2 Å². The largest absolute Gasteiger partial charge is 0.454 e. The molecule has 2 aliphatic rings.